The van der Waals surface area contributed by atoms with E-state index in [1.807, 2.05) is 6.08 Å². The Hall–Kier alpha value is -2.92. The molecule has 3 aromatic rings. The summed E-state index contributed by atoms with van der Waals surface area (Å²) < 4.78 is 64.1. The van der Waals surface area contributed by atoms with E-state index in [4.69, 9.17) is 4.74 Å². The smallest absolute Gasteiger partial charge is 0.167 e. The molecule has 0 saturated carbocycles. The minimum Gasteiger partial charge on any atom is -0.373 e. The quantitative estimate of drug-likeness (QED) is 0.291. The summed E-state index contributed by atoms with van der Waals surface area (Å²) in [6, 6.07) is 12.5. The molecule has 3 aromatic carbocycles. The first kappa shape index (κ1) is 22.3. The van der Waals surface area contributed by atoms with Gasteiger partial charge < -0.3 is 4.74 Å². The van der Waals surface area contributed by atoms with Gasteiger partial charge in [0, 0.05) is 22.6 Å². The fraction of sp³-hybridized carbons (Fsp3) is 0.259. The number of hydrogen-bond acceptors (Lipinski definition) is 1. The molecule has 32 heavy (non-hydrogen) atoms. The second-order valence-electron chi connectivity index (χ2n) is 8.06. The first-order chi connectivity index (χ1) is 15.4. The van der Waals surface area contributed by atoms with Crippen LogP contribution in [0.5, 0.6) is 0 Å². The first-order valence-electron chi connectivity index (χ1n) is 10.7. The molecule has 0 spiro atoms. The third-order valence-corrected chi connectivity index (χ3v) is 6.15. The van der Waals surface area contributed by atoms with Crippen molar-refractivity contribution in [3.63, 3.8) is 0 Å². The van der Waals surface area contributed by atoms with E-state index in [0.717, 1.165) is 6.42 Å². The van der Waals surface area contributed by atoms with E-state index < -0.39 is 29.4 Å². The summed E-state index contributed by atoms with van der Waals surface area (Å²) in [5.41, 5.74) is 1.64. The zero-order chi connectivity index (χ0) is 22.8. The average molecular weight is 440 g/mol. The molecule has 1 heterocycles. The molecule has 1 saturated heterocycles. The Morgan fingerprint density at radius 3 is 1.94 bits per heavy atom. The SMILES string of the molecule is C=CC1CCC(c2ccc(-c3ccc(-c4ccc(CC)c(F)c4F)cc3)c(F)c2F)OC1. The molecule has 2 unspecified atom stereocenters. The lowest BCUT2D eigenvalue weighted by molar-refractivity contribution is -0.00732. The number of benzene rings is 3. The van der Waals surface area contributed by atoms with Gasteiger partial charge in [0.1, 0.15) is 0 Å². The van der Waals surface area contributed by atoms with E-state index in [0.29, 0.717) is 36.1 Å². The Labute approximate surface area is 185 Å². The van der Waals surface area contributed by atoms with E-state index in [1.165, 1.54) is 12.1 Å². The lowest BCUT2D eigenvalue weighted by Gasteiger charge is -2.28. The maximum atomic E-state index is 14.9. The van der Waals surface area contributed by atoms with Crippen molar-refractivity contribution in [1.29, 1.82) is 0 Å². The van der Waals surface area contributed by atoms with E-state index in [-0.39, 0.29) is 22.6 Å². The van der Waals surface area contributed by atoms with Crippen LogP contribution in [0.4, 0.5) is 17.6 Å². The van der Waals surface area contributed by atoms with Crippen molar-refractivity contribution in [3.05, 3.63) is 95.6 Å². The van der Waals surface area contributed by atoms with Crippen LogP contribution < -0.4 is 0 Å². The summed E-state index contributed by atoms with van der Waals surface area (Å²) >= 11 is 0. The molecule has 0 bridgehead atoms. The minimum absolute atomic E-state index is 0.102. The van der Waals surface area contributed by atoms with Gasteiger partial charge in [0.15, 0.2) is 23.3 Å². The summed E-state index contributed by atoms with van der Waals surface area (Å²) in [7, 11) is 0. The molecule has 1 nitrogen and oxygen atoms in total. The summed E-state index contributed by atoms with van der Waals surface area (Å²) in [5, 5.41) is 0. The van der Waals surface area contributed by atoms with Crippen LogP contribution in [0.1, 0.15) is 37.0 Å². The van der Waals surface area contributed by atoms with Gasteiger partial charge in [0.2, 0.25) is 0 Å². The second-order valence-corrected chi connectivity index (χ2v) is 8.06. The van der Waals surface area contributed by atoms with Gasteiger partial charge in [-0.15, -0.1) is 6.58 Å². The van der Waals surface area contributed by atoms with E-state index >= 15 is 0 Å². The summed E-state index contributed by atoms with van der Waals surface area (Å²) in [5.74, 6) is -3.41. The van der Waals surface area contributed by atoms with Crippen molar-refractivity contribution in [2.75, 3.05) is 6.61 Å². The molecule has 0 aliphatic carbocycles. The van der Waals surface area contributed by atoms with E-state index in [9.17, 15) is 17.6 Å². The number of aryl methyl sites for hydroxylation is 1. The highest BCUT2D eigenvalue weighted by Gasteiger charge is 2.26. The van der Waals surface area contributed by atoms with Gasteiger partial charge in [-0.3, -0.25) is 0 Å². The molecular weight excluding hydrogens is 416 g/mol. The normalized spacial score (nSPS) is 18.5. The van der Waals surface area contributed by atoms with Crippen molar-refractivity contribution in [2.45, 2.75) is 32.3 Å². The van der Waals surface area contributed by atoms with Gasteiger partial charge >= 0.3 is 0 Å². The first-order valence-corrected chi connectivity index (χ1v) is 10.7. The van der Waals surface area contributed by atoms with Gasteiger partial charge in [-0.25, -0.2) is 17.6 Å². The second kappa shape index (κ2) is 9.29. The molecule has 0 aromatic heterocycles. The highest BCUT2D eigenvalue weighted by Crippen LogP contribution is 2.36. The third kappa shape index (κ3) is 4.09. The van der Waals surface area contributed by atoms with Crippen molar-refractivity contribution in [3.8, 4) is 22.3 Å². The molecule has 1 aliphatic rings. The fourth-order valence-corrected chi connectivity index (χ4v) is 4.15. The van der Waals surface area contributed by atoms with Crippen molar-refractivity contribution >= 4 is 0 Å². The maximum Gasteiger partial charge on any atom is 0.167 e. The predicted octanol–water partition coefficient (Wildman–Crippen LogP) is 7.79. The van der Waals surface area contributed by atoms with Gasteiger partial charge in [-0.2, -0.15) is 0 Å². The molecule has 1 fully saturated rings. The van der Waals surface area contributed by atoms with Crippen LogP contribution in [0.25, 0.3) is 22.3 Å². The monoisotopic (exact) mass is 440 g/mol. The molecular formula is C27H24F4O. The zero-order valence-electron chi connectivity index (χ0n) is 17.8. The topological polar surface area (TPSA) is 9.23 Å². The van der Waals surface area contributed by atoms with Crippen LogP contribution in [0.2, 0.25) is 0 Å². The predicted molar refractivity (Wildman–Crippen MR) is 118 cm³/mol. The Kier molecular flexibility index (Phi) is 6.47. The number of ether oxygens (including phenoxy) is 1. The third-order valence-electron chi connectivity index (χ3n) is 6.15. The highest BCUT2D eigenvalue weighted by molar-refractivity contribution is 5.71. The number of hydrogen-bond donors (Lipinski definition) is 0. The number of halogens is 4. The zero-order valence-corrected chi connectivity index (χ0v) is 17.8. The molecule has 1 aliphatic heterocycles. The Balaban J connectivity index is 1.60. The van der Waals surface area contributed by atoms with Crippen LogP contribution in [0, 0.1) is 29.2 Å². The Morgan fingerprint density at radius 2 is 1.41 bits per heavy atom. The lowest BCUT2D eigenvalue weighted by Crippen LogP contribution is -2.20. The van der Waals surface area contributed by atoms with Crippen LogP contribution in [0.3, 0.4) is 0 Å². The minimum atomic E-state index is -0.950. The van der Waals surface area contributed by atoms with Crippen LogP contribution in [0.15, 0.2) is 61.2 Å². The average Bonchev–Trinajstić information content (AvgIpc) is 2.83. The van der Waals surface area contributed by atoms with Crippen LogP contribution >= 0.6 is 0 Å². The van der Waals surface area contributed by atoms with Gasteiger partial charge in [0.25, 0.3) is 0 Å². The molecule has 4 rings (SSSR count). The molecule has 166 valence electrons. The van der Waals surface area contributed by atoms with Crippen molar-refractivity contribution in [1.82, 2.24) is 0 Å². The molecule has 5 heteroatoms. The Bertz CT molecular complexity index is 1130. The molecule has 0 amide bonds. The van der Waals surface area contributed by atoms with E-state index in [2.05, 4.69) is 6.58 Å². The lowest BCUT2D eigenvalue weighted by atomic mass is 9.92. The highest BCUT2D eigenvalue weighted by atomic mass is 19.2. The van der Waals surface area contributed by atoms with E-state index in [1.54, 1.807) is 43.3 Å². The van der Waals surface area contributed by atoms with Gasteiger partial charge in [-0.1, -0.05) is 61.5 Å². The standard InChI is InChI=1S/C27H24F4O/c1-3-16-5-14-23(32-15-16)22-13-12-21(26(30)27(22)31)19-8-6-18(7-9-19)20-11-10-17(4-2)24(28)25(20)29/h3,6-13,16,23H,1,4-5,14-15H2,2H3. The Morgan fingerprint density at radius 1 is 0.812 bits per heavy atom. The van der Waals surface area contributed by atoms with Gasteiger partial charge in [-0.05, 0) is 36.0 Å². The molecule has 0 radical (unpaired) electrons. The van der Waals surface area contributed by atoms with Crippen molar-refractivity contribution < 1.29 is 22.3 Å². The van der Waals surface area contributed by atoms with Crippen LogP contribution in [-0.4, -0.2) is 6.61 Å². The fourth-order valence-electron chi connectivity index (χ4n) is 4.15. The maximum absolute atomic E-state index is 14.9. The summed E-state index contributed by atoms with van der Waals surface area (Å²) in [4.78, 5) is 0. The molecule has 0 N–H and O–H groups in total. The summed E-state index contributed by atoms with van der Waals surface area (Å²) in [6.07, 6.45) is 3.14. The number of rotatable bonds is 5. The molecule has 2 atom stereocenters. The largest absolute Gasteiger partial charge is 0.373 e. The van der Waals surface area contributed by atoms with Crippen LogP contribution in [-0.2, 0) is 11.2 Å². The van der Waals surface area contributed by atoms with Crippen molar-refractivity contribution in [2.24, 2.45) is 5.92 Å². The summed E-state index contributed by atoms with van der Waals surface area (Å²) in [6.45, 7) is 5.94. The van der Waals surface area contributed by atoms with Gasteiger partial charge in [0.05, 0.1) is 12.7 Å².